The van der Waals surface area contributed by atoms with Gasteiger partial charge in [-0.05, 0) is 31.0 Å². The molecule has 1 atom stereocenters. The summed E-state index contributed by atoms with van der Waals surface area (Å²) in [5, 5.41) is 12.1. The highest BCUT2D eigenvalue weighted by molar-refractivity contribution is 5.82. The predicted molar refractivity (Wildman–Crippen MR) is 80.1 cm³/mol. The zero-order valence-electron chi connectivity index (χ0n) is 12.3. The minimum absolute atomic E-state index is 0.107. The van der Waals surface area contributed by atoms with E-state index in [0.29, 0.717) is 19.5 Å². The molecule has 2 heterocycles. The number of amides is 1. The van der Waals surface area contributed by atoms with Crippen LogP contribution in [0.15, 0.2) is 24.5 Å². The normalized spacial score (nSPS) is 18.5. The average Bonchev–Trinajstić information content (AvgIpc) is 2.81. The van der Waals surface area contributed by atoms with Crippen LogP contribution in [-0.4, -0.2) is 34.9 Å². The molecule has 1 unspecified atom stereocenters. The molecule has 1 aromatic heterocycles. The minimum Gasteiger partial charge on any atom is -0.336 e. The molecule has 0 radical (unpaired) electrons. The molecule has 5 nitrogen and oxygen atoms in total. The zero-order chi connectivity index (χ0) is 14.9. The van der Waals surface area contributed by atoms with Crippen molar-refractivity contribution in [1.82, 2.24) is 15.2 Å². The zero-order valence-corrected chi connectivity index (χ0v) is 12.3. The van der Waals surface area contributed by atoms with Crippen LogP contribution in [0.1, 0.15) is 37.7 Å². The van der Waals surface area contributed by atoms with Crippen LogP contribution in [0.2, 0.25) is 0 Å². The summed E-state index contributed by atoms with van der Waals surface area (Å²) in [6.07, 6.45) is 8.13. The monoisotopic (exact) mass is 286 g/mol. The minimum atomic E-state index is -0.108. The summed E-state index contributed by atoms with van der Waals surface area (Å²) in [6, 6.07) is 5.84. The first-order valence-electron chi connectivity index (χ1n) is 7.59. The van der Waals surface area contributed by atoms with Crippen molar-refractivity contribution in [2.75, 3.05) is 13.1 Å². The van der Waals surface area contributed by atoms with E-state index in [2.05, 4.69) is 16.4 Å². The Labute approximate surface area is 126 Å². The number of hydrogen-bond donors (Lipinski definition) is 1. The van der Waals surface area contributed by atoms with Crippen molar-refractivity contribution in [3.05, 3.63) is 30.1 Å². The Bertz CT molecular complexity index is 475. The van der Waals surface area contributed by atoms with Gasteiger partial charge in [-0.25, -0.2) is 0 Å². The first-order chi connectivity index (χ1) is 10.3. The molecule has 1 aromatic rings. The van der Waals surface area contributed by atoms with Crippen molar-refractivity contribution in [2.45, 2.75) is 44.7 Å². The third-order valence-corrected chi connectivity index (χ3v) is 3.76. The molecule has 1 aliphatic heterocycles. The van der Waals surface area contributed by atoms with Gasteiger partial charge < -0.3 is 10.2 Å². The third-order valence-electron chi connectivity index (χ3n) is 3.76. The van der Waals surface area contributed by atoms with Gasteiger partial charge >= 0.3 is 0 Å². The average molecular weight is 286 g/mol. The van der Waals surface area contributed by atoms with Gasteiger partial charge in [0.05, 0.1) is 18.5 Å². The lowest BCUT2D eigenvalue weighted by Crippen LogP contribution is -2.46. The van der Waals surface area contributed by atoms with Crippen LogP contribution in [0.4, 0.5) is 0 Å². The van der Waals surface area contributed by atoms with Gasteiger partial charge in [-0.15, -0.1) is 0 Å². The maximum absolute atomic E-state index is 12.7. The Balaban J connectivity index is 2.03. The molecule has 0 aromatic carbocycles. The van der Waals surface area contributed by atoms with Crippen LogP contribution in [0, 0.1) is 11.3 Å². The third kappa shape index (κ3) is 4.83. The van der Waals surface area contributed by atoms with Gasteiger partial charge in [-0.3, -0.25) is 9.78 Å². The Hall–Kier alpha value is -1.93. The van der Waals surface area contributed by atoms with Gasteiger partial charge in [-0.1, -0.05) is 18.9 Å². The molecule has 0 spiro atoms. The largest absolute Gasteiger partial charge is 0.336 e. The molecule has 1 amide bonds. The Morgan fingerprint density at radius 3 is 3.14 bits per heavy atom. The SMILES string of the molecule is N#CCCN(Cc1cccnc1)C(=O)C1CCCCCN1. The number of nitrogens with one attached hydrogen (secondary N) is 1. The second-order valence-corrected chi connectivity index (χ2v) is 5.39. The summed E-state index contributed by atoms with van der Waals surface area (Å²) in [5.41, 5.74) is 0.998. The molecule has 1 aliphatic rings. The molecule has 1 fully saturated rings. The molecule has 1 N–H and O–H groups in total. The molecular weight excluding hydrogens is 264 g/mol. The van der Waals surface area contributed by atoms with Crippen LogP contribution in [0.3, 0.4) is 0 Å². The van der Waals surface area contributed by atoms with E-state index in [4.69, 9.17) is 5.26 Å². The van der Waals surface area contributed by atoms with E-state index in [0.717, 1.165) is 31.4 Å². The van der Waals surface area contributed by atoms with E-state index in [-0.39, 0.29) is 11.9 Å². The van der Waals surface area contributed by atoms with Crippen molar-refractivity contribution in [3.8, 4) is 6.07 Å². The number of rotatable bonds is 5. The van der Waals surface area contributed by atoms with E-state index >= 15 is 0 Å². The van der Waals surface area contributed by atoms with Crippen molar-refractivity contribution < 1.29 is 4.79 Å². The van der Waals surface area contributed by atoms with Gasteiger partial charge in [0, 0.05) is 25.5 Å². The molecule has 1 saturated heterocycles. The molecule has 5 heteroatoms. The first kappa shape index (κ1) is 15.5. The van der Waals surface area contributed by atoms with Gasteiger partial charge in [0.15, 0.2) is 0 Å². The lowest BCUT2D eigenvalue weighted by Gasteiger charge is -2.26. The Morgan fingerprint density at radius 2 is 2.38 bits per heavy atom. The maximum atomic E-state index is 12.7. The van der Waals surface area contributed by atoms with E-state index in [9.17, 15) is 4.79 Å². The van der Waals surface area contributed by atoms with Gasteiger partial charge in [0.2, 0.25) is 5.91 Å². The number of hydrogen-bond acceptors (Lipinski definition) is 4. The fraction of sp³-hybridized carbons (Fsp3) is 0.562. The van der Waals surface area contributed by atoms with Crippen molar-refractivity contribution in [3.63, 3.8) is 0 Å². The number of nitriles is 1. The Morgan fingerprint density at radius 1 is 1.48 bits per heavy atom. The van der Waals surface area contributed by atoms with Gasteiger partial charge in [0.25, 0.3) is 0 Å². The second kappa shape index (κ2) is 8.38. The summed E-state index contributed by atoms with van der Waals surface area (Å²) in [6.45, 7) is 1.89. The van der Waals surface area contributed by atoms with E-state index < -0.39 is 0 Å². The molecular formula is C16H22N4O. The highest BCUT2D eigenvalue weighted by atomic mass is 16.2. The van der Waals surface area contributed by atoms with Gasteiger partial charge in [0.1, 0.15) is 0 Å². The molecule has 0 aliphatic carbocycles. The summed E-state index contributed by atoms with van der Waals surface area (Å²) in [4.78, 5) is 18.6. The molecule has 112 valence electrons. The lowest BCUT2D eigenvalue weighted by atomic mass is 10.1. The fourth-order valence-corrected chi connectivity index (χ4v) is 2.62. The van der Waals surface area contributed by atoms with Crippen LogP contribution in [0.5, 0.6) is 0 Å². The summed E-state index contributed by atoms with van der Waals surface area (Å²) < 4.78 is 0. The van der Waals surface area contributed by atoms with Crippen LogP contribution >= 0.6 is 0 Å². The number of carbonyl (C=O) groups excluding carboxylic acids is 1. The second-order valence-electron chi connectivity index (χ2n) is 5.39. The van der Waals surface area contributed by atoms with Crippen LogP contribution in [-0.2, 0) is 11.3 Å². The number of aromatic nitrogens is 1. The smallest absolute Gasteiger partial charge is 0.240 e. The van der Waals surface area contributed by atoms with Gasteiger partial charge in [-0.2, -0.15) is 5.26 Å². The highest BCUT2D eigenvalue weighted by Gasteiger charge is 2.24. The molecule has 2 rings (SSSR count). The maximum Gasteiger partial charge on any atom is 0.240 e. The number of nitrogens with zero attached hydrogens (tertiary/aromatic N) is 3. The topological polar surface area (TPSA) is 69.0 Å². The number of carbonyl (C=O) groups is 1. The summed E-state index contributed by atoms with van der Waals surface area (Å²) >= 11 is 0. The quantitative estimate of drug-likeness (QED) is 0.897. The summed E-state index contributed by atoms with van der Waals surface area (Å²) in [7, 11) is 0. The van der Waals surface area contributed by atoms with E-state index in [1.165, 1.54) is 6.42 Å². The van der Waals surface area contributed by atoms with Crippen LogP contribution in [0.25, 0.3) is 0 Å². The van der Waals surface area contributed by atoms with Crippen molar-refractivity contribution >= 4 is 5.91 Å². The highest BCUT2D eigenvalue weighted by Crippen LogP contribution is 2.13. The van der Waals surface area contributed by atoms with E-state index in [1.807, 2.05) is 12.1 Å². The first-order valence-corrected chi connectivity index (χ1v) is 7.59. The molecule has 0 bridgehead atoms. The Kier molecular flexibility index (Phi) is 6.17. The summed E-state index contributed by atoms with van der Waals surface area (Å²) in [5.74, 6) is 0.107. The fourth-order valence-electron chi connectivity index (χ4n) is 2.62. The number of pyridine rings is 1. The molecule has 21 heavy (non-hydrogen) atoms. The van der Waals surface area contributed by atoms with Crippen molar-refractivity contribution in [1.29, 1.82) is 5.26 Å². The van der Waals surface area contributed by atoms with E-state index in [1.54, 1.807) is 17.3 Å². The van der Waals surface area contributed by atoms with Crippen molar-refractivity contribution in [2.24, 2.45) is 0 Å². The lowest BCUT2D eigenvalue weighted by molar-refractivity contribution is -0.134. The standard InChI is InChI=1S/C16H22N4O/c17-8-5-11-20(13-14-6-4-9-18-12-14)16(21)15-7-2-1-3-10-19-15/h4,6,9,12,15,19H,1-3,5,7,10-11,13H2. The van der Waals surface area contributed by atoms with Crippen LogP contribution < -0.4 is 5.32 Å². The predicted octanol–water partition coefficient (Wildman–Crippen LogP) is 1.86. The molecule has 0 saturated carbocycles.